The highest BCUT2D eigenvalue weighted by atomic mass is 19.4. The van der Waals surface area contributed by atoms with E-state index in [1.165, 1.54) is 5.56 Å². The molecule has 4 aromatic rings. The number of hydrogen-bond donors (Lipinski definition) is 4. The van der Waals surface area contributed by atoms with Crippen LogP contribution in [-0.2, 0) is 24.2 Å². The van der Waals surface area contributed by atoms with Crippen LogP contribution in [0.2, 0.25) is 0 Å². The van der Waals surface area contributed by atoms with Crippen molar-refractivity contribution in [2.45, 2.75) is 52.8 Å². The van der Waals surface area contributed by atoms with Crippen LogP contribution in [0.15, 0.2) is 73.1 Å². The van der Waals surface area contributed by atoms with Gasteiger partial charge in [-0.05, 0) is 59.9 Å². The number of pyridine rings is 1. The van der Waals surface area contributed by atoms with Crippen molar-refractivity contribution in [3.63, 3.8) is 0 Å². The number of nitrogens with two attached hydrogens (primary N) is 1. The van der Waals surface area contributed by atoms with Crippen LogP contribution in [0.4, 0.5) is 13.2 Å². The third-order valence-corrected chi connectivity index (χ3v) is 5.95. The Morgan fingerprint density at radius 3 is 2.23 bits per heavy atom. The molecule has 0 saturated heterocycles. The first-order chi connectivity index (χ1) is 20.6. The number of aldehydes is 1. The summed E-state index contributed by atoms with van der Waals surface area (Å²) in [7, 11) is 1.00. The van der Waals surface area contributed by atoms with E-state index in [1.807, 2.05) is 56.3 Å². The van der Waals surface area contributed by atoms with Gasteiger partial charge in [-0.15, -0.1) is 0 Å². The molecule has 4 rings (SSSR count). The molecule has 8 nitrogen and oxygen atoms in total. The van der Waals surface area contributed by atoms with E-state index in [1.54, 1.807) is 12.4 Å². The van der Waals surface area contributed by atoms with E-state index in [4.69, 9.17) is 21.0 Å². The number of nitrogens with one attached hydrogen (secondary N) is 2. The van der Waals surface area contributed by atoms with Crippen molar-refractivity contribution in [2.24, 2.45) is 5.73 Å². The SMILES string of the molecule is CC.CCCc1cccc2c1cc(C(=O)NCCc1ccncc1)n2Cc1cccc(C(=N)N)c1.CO.O=CC(F)(F)F. The number of hydrogen-bond acceptors (Lipinski definition) is 5. The highest BCUT2D eigenvalue weighted by molar-refractivity contribution is 6.00. The summed E-state index contributed by atoms with van der Waals surface area (Å²) in [6.45, 7) is 7.23. The number of rotatable bonds is 9. The van der Waals surface area contributed by atoms with Gasteiger partial charge >= 0.3 is 6.18 Å². The summed E-state index contributed by atoms with van der Waals surface area (Å²) in [5.41, 5.74) is 11.4. The Bertz CT molecular complexity index is 1440. The molecule has 0 spiro atoms. The van der Waals surface area contributed by atoms with E-state index >= 15 is 0 Å². The lowest BCUT2D eigenvalue weighted by molar-refractivity contribution is -0.156. The molecule has 2 aromatic carbocycles. The fourth-order valence-electron chi connectivity index (χ4n) is 4.17. The molecule has 0 atom stereocenters. The van der Waals surface area contributed by atoms with E-state index in [0.717, 1.165) is 48.4 Å². The molecule has 0 fully saturated rings. The molecule has 232 valence electrons. The number of amidine groups is 1. The molecule has 0 saturated carbocycles. The summed E-state index contributed by atoms with van der Waals surface area (Å²) < 4.78 is 33.3. The fourth-order valence-corrected chi connectivity index (χ4v) is 4.17. The van der Waals surface area contributed by atoms with E-state index in [-0.39, 0.29) is 11.7 Å². The number of aliphatic hydroxyl groups excluding tert-OH is 1. The largest absolute Gasteiger partial charge is 0.446 e. The van der Waals surface area contributed by atoms with Crippen molar-refractivity contribution in [2.75, 3.05) is 13.7 Å². The van der Waals surface area contributed by atoms with Crippen molar-refractivity contribution in [3.05, 3.63) is 101 Å². The summed E-state index contributed by atoms with van der Waals surface area (Å²) in [4.78, 5) is 26.0. The van der Waals surface area contributed by atoms with Gasteiger partial charge in [-0.1, -0.05) is 57.5 Å². The maximum absolute atomic E-state index is 13.3. The molecule has 11 heteroatoms. The smallest absolute Gasteiger partial charge is 0.400 e. The number of nitrogens with zero attached hydrogens (tertiary/aromatic N) is 2. The number of amides is 1. The Labute approximate surface area is 250 Å². The molecule has 0 aliphatic heterocycles. The standard InChI is InChI=1S/C27H29N5O.C2HF3O.C2H6.CH4O/c1-2-5-21-7-4-9-24-23(21)17-25(27(33)31-15-12-19-10-13-30-14-11-19)32(24)18-20-6-3-8-22(16-20)26(28)29;3-2(4,5)1-6;2*1-2/h3-4,6-11,13-14,16-17H,2,5,12,15,18H2,1H3,(H3,28,29)(H,31,33);1H;1-2H3;2H,1H3. The summed E-state index contributed by atoms with van der Waals surface area (Å²) in [5, 5.41) is 18.9. The summed E-state index contributed by atoms with van der Waals surface area (Å²) in [5.74, 6) is -0.0565. The lowest BCUT2D eigenvalue weighted by atomic mass is 10.1. The number of halogens is 3. The normalized spacial score (nSPS) is 10.2. The molecule has 5 N–H and O–H groups in total. The van der Waals surface area contributed by atoms with Gasteiger partial charge in [0.15, 0.2) is 0 Å². The van der Waals surface area contributed by atoms with Crippen LogP contribution in [0, 0.1) is 5.41 Å². The highest BCUT2D eigenvalue weighted by Gasteiger charge is 2.25. The average Bonchev–Trinajstić information content (AvgIpc) is 3.39. The van der Waals surface area contributed by atoms with Gasteiger partial charge in [0.05, 0.1) is 0 Å². The third-order valence-electron chi connectivity index (χ3n) is 5.95. The Morgan fingerprint density at radius 2 is 1.65 bits per heavy atom. The first kappa shape index (κ1) is 36.5. The maximum atomic E-state index is 13.3. The van der Waals surface area contributed by atoms with Crippen molar-refractivity contribution in [3.8, 4) is 0 Å². The van der Waals surface area contributed by atoms with Crippen LogP contribution >= 0.6 is 0 Å². The van der Waals surface area contributed by atoms with E-state index in [0.29, 0.717) is 24.3 Å². The first-order valence-corrected chi connectivity index (χ1v) is 13.8. The zero-order valence-electron chi connectivity index (χ0n) is 24.9. The predicted molar refractivity (Wildman–Crippen MR) is 164 cm³/mol. The van der Waals surface area contributed by atoms with E-state index < -0.39 is 12.5 Å². The first-order valence-electron chi connectivity index (χ1n) is 13.8. The number of carbonyl (C=O) groups excluding carboxylic acids is 2. The number of carbonyl (C=O) groups is 2. The summed E-state index contributed by atoms with van der Waals surface area (Å²) in [6.07, 6.45) is 0.574. The second-order valence-electron chi connectivity index (χ2n) is 8.85. The van der Waals surface area contributed by atoms with Crippen molar-refractivity contribution in [1.82, 2.24) is 14.9 Å². The second kappa shape index (κ2) is 18.8. The van der Waals surface area contributed by atoms with Gasteiger partial charge < -0.3 is 20.7 Å². The monoisotopic (exact) mass is 599 g/mol. The molecule has 0 bridgehead atoms. The molecule has 1 amide bonds. The Hall–Kier alpha value is -4.51. The van der Waals surface area contributed by atoms with Gasteiger partial charge in [-0.25, -0.2) is 0 Å². The van der Waals surface area contributed by atoms with Crippen LogP contribution in [-0.4, -0.2) is 52.5 Å². The van der Waals surface area contributed by atoms with Crippen LogP contribution in [0.5, 0.6) is 0 Å². The zero-order valence-corrected chi connectivity index (χ0v) is 24.9. The summed E-state index contributed by atoms with van der Waals surface area (Å²) in [6, 6.07) is 19.8. The second-order valence-corrected chi connectivity index (χ2v) is 8.85. The molecule has 0 aliphatic rings. The minimum absolute atomic E-state index is 0.0357. The topological polar surface area (TPSA) is 134 Å². The number of nitrogen functional groups attached to an aromatic ring is 1. The van der Waals surface area contributed by atoms with Crippen molar-refractivity contribution in [1.29, 1.82) is 5.41 Å². The zero-order chi connectivity index (χ0) is 32.4. The van der Waals surface area contributed by atoms with Gasteiger partial charge in [0, 0.05) is 49.1 Å². The lowest BCUT2D eigenvalue weighted by Gasteiger charge is -2.13. The Kier molecular flexibility index (Phi) is 16.0. The van der Waals surface area contributed by atoms with Gasteiger partial charge in [-0.3, -0.25) is 20.0 Å². The fraction of sp³-hybridized carbons (Fsp3) is 0.312. The van der Waals surface area contributed by atoms with Crippen molar-refractivity contribution >= 4 is 28.9 Å². The Balaban J connectivity index is 0.000000814. The molecule has 2 heterocycles. The number of benzene rings is 2. The lowest BCUT2D eigenvalue weighted by Crippen LogP contribution is -2.28. The quantitative estimate of drug-likeness (QED) is 0.112. The number of fused-ring (bicyclic) bond motifs is 1. The van der Waals surface area contributed by atoms with Gasteiger partial charge in [0.2, 0.25) is 6.29 Å². The molecule has 0 unspecified atom stereocenters. The van der Waals surface area contributed by atoms with Crippen molar-refractivity contribution < 1.29 is 27.9 Å². The molecular weight excluding hydrogens is 559 g/mol. The molecular formula is C32H40F3N5O3. The Morgan fingerprint density at radius 1 is 1.02 bits per heavy atom. The maximum Gasteiger partial charge on any atom is 0.446 e. The number of alkyl halides is 3. The average molecular weight is 600 g/mol. The van der Waals surface area contributed by atoms with Gasteiger partial charge in [0.25, 0.3) is 5.91 Å². The van der Waals surface area contributed by atoms with E-state index in [2.05, 4.69) is 40.0 Å². The van der Waals surface area contributed by atoms with Crippen LogP contribution in [0.3, 0.4) is 0 Å². The number of aryl methyl sites for hydroxylation is 1. The third kappa shape index (κ3) is 11.7. The predicted octanol–water partition coefficient (Wildman–Crippen LogP) is 5.68. The molecule has 0 aliphatic carbocycles. The molecule has 0 radical (unpaired) electrons. The van der Waals surface area contributed by atoms with Crippen LogP contribution in [0.1, 0.15) is 59.9 Å². The highest BCUT2D eigenvalue weighted by Crippen LogP contribution is 2.26. The molecule has 43 heavy (non-hydrogen) atoms. The number of aliphatic hydroxyl groups is 1. The number of aromatic nitrogens is 2. The minimum atomic E-state index is -4.64. The van der Waals surface area contributed by atoms with Crippen LogP contribution in [0.25, 0.3) is 10.9 Å². The van der Waals surface area contributed by atoms with Gasteiger partial charge in [0.1, 0.15) is 11.5 Å². The van der Waals surface area contributed by atoms with Crippen LogP contribution < -0.4 is 11.1 Å². The summed E-state index contributed by atoms with van der Waals surface area (Å²) >= 11 is 0. The van der Waals surface area contributed by atoms with E-state index in [9.17, 15) is 18.0 Å². The van der Waals surface area contributed by atoms with Gasteiger partial charge in [-0.2, -0.15) is 13.2 Å². The molecule has 2 aromatic heterocycles. The minimum Gasteiger partial charge on any atom is -0.400 e.